The van der Waals surface area contributed by atoms with E-state index in [4.69, 9.17) is 9.26 Å². The zero-order chi connectivity index (χ0) is 20.6. The van der Waals surface area contributed by atoms with Gasteiger partial charge in [-0.2, -0.15) is 0 Å². The molecule has 0 fully saturated rings. The van der Waals surface area contributed by atoms with Crippen molar-refractivity contribution >= 4 is 17.6 Å². The number of amides is 2. The molecule has 29 heavy (non-hydrogen) atoms. The lowest BCUT2D eigenvalue weighted by atomic mass is 10.0. The minimum Gasteiger partial charge on any atom is -0.383 e. The highest BCUT2D eigenvalue weighted by Gasteiger charge is 2.19. The summed E-state index contributed by atoms with van der Waals surface area (Å²) in [5.41, 5.74) is 2.60. The van der Waals surface area contributed by atoms with Gasteiger partial charge in [0.1, 0.15) is 12.3 Å². The van der Waals surface area contributed by atoms with Crippen molar-refractivity contribution in [1.82, 2.24) is 10.1 Å². The summed E-state index contributed by atoms with van der Waals surface area (Å²) in [4.78, 5) is 26.7. The number of benzene rings is 2. The summed E-state index contributed by atoms with van der Waals surface area (Å²) in [6, 6.07) is 18.9. The number of hydrogen-bond acceptors (Lipinski definition) is 5. The third kappa shape index (κ3) is 5.52. The van der Waals surface area contributed by atoms with Gasteiger partial charge < -0.3 is 19.5 Å². The van der Waals surface area contributed by atoms with Gasteiger partial charge in [-0.3, -0.25) is 9.59 Å². The van der Waals surface area contributed by atoms with Gasteiger partial charge in [0, 0.05) is 25.3 Å². The second kappa shape index (κ2) is 9.66. The molecule has 0 unspecified atom stereocenters. The Balaban J connectivity index is 1.70. The van der Waals surface area contributed by atoms with Crippen molar-refractivity contribution in [3.05, 3.63) is 72.0 Å². The number of aromatic nitrogens is 1. The first kappa shape index (κ1) is 20.3. The molecular formula is C22H23N3O4. The number of hydrogen-bond donors (Lipinski definition) is 1. The molecule has 0 saturated heterocycles. The van der Waals surface area contributed by atoms with Crippen LogP contribution >= 0.6 is 0 Å². The molecule has 1 aromatic heterocycles. The first-order chi connectivity index (χ1) is 14.1. The number of ether oxygens (including phenoxy) is 1. The quantitative estimate of drug-likeness (QED) is 0.634. The van der Waals surface area contributed by atoms with Crippen LogP contribution in [0.15, 0.2) is 65.2 Å². The Labute approximate surface area is 169 Å². The molecule has 2 amide bonds. The van der Waals surface area contributed by atoms with E-state index in [1.807, 2.05) is 42.5 Å². The minimum atomic E-state index is -0.358. The van der Waals surface area contributed by atoms with E-state index < -0.39 is 0 Å². The molecule has 150 valence electrons. The SMILES string of the molecule is COCCN(CC(=O)Nc1cc(C)on1)C(=O)c1ccc(-c2ccccc2)cc1. The van der Waals surface area contributed by atoms with Crippen LogP contribution in [0.25, 0.3) is 11.1 Å². The van der Waals surface area contributed by atoms with E-state index in [0.717, 1.165) is 11.1 Å². The number of rotatable bonds is 8. The van der Waals surface area contributed by atoms with Crippen LogP contribution in [0.5, 0.6) is 0 Å². The molecule has 0 saturated carbocycles. The number of anilines is 1. The van der Waals surface area contributed by atoms with Crippen LogP contribution in [0.2, 0.25) is 0 Å². The molecule has 7 nitrogen and oxygen atoms in total. The number of carbonyl (C=O) groups is 2. The van der Waals surface area contributed by atoms with Crippen molar-refractivity contribution in [2.75, 3.05) is 32.1 Å². The lowest BCUT2D eigenvalue weighted by Gasteiger charge is -2.22. The summed E-state index contributed by atoms with van der Waals surface area (Å²) >= 11 is 0. The molecule has 1 N–H and O–H groups in total. The molecule has 2 aromatic carbocycles. The molecule has 3 aromatic rings. The smallest absolute Gasteiger partial charge is 0.254 e. The molecule has 3 rings (SSSR count). The minimum absolute atomic E-state index is 0.117. The second-order valence-corrected chi connectivity index (χ2v) is 6.53. The Morgan fingerprint density at radius 1 is 1.07 bits per heavy atom. The third-order valence-corrected chi connectivity index (χ3v) is 4.32. The zero-order valence-electron chi connectivity index (χ0n) is 16.4. The van der Waals surface area contributed by atoms with Crippen LogP contribution in [0.3, 0.4) is 0 Å². The Kier molecular flexibility index (Phi) is 6.76. The van der Waals surface area contributed by atoms with Crippen molar-refractivity contribution < 1.29 is 18.8 Å². The van der Waals surface area contributed by atoms with Crippen molar-refractivity contribution in [1.29, 1.82) is 0 Å². The first-order valence-electron chi connectivity index (χ1n) is 9.23. The predicted octanol–water partition coefficient (Wildman–Crippen LogP) is 3.38. The van der Waals surface area contributed by atoms with Crippen LogP contribution in [-0.2, 0) is 9.53 Å². The summed E-state index contributed by atoms with van der Waals surface area (Å²) in [7, 11) is 1.55. The largest absolute Gasteiger partial charge is 0.383 e. The summed E-state index contributed by atoms with van der Waals surface area (Å²) in [5.74, 6) is 0.307. The fraction of sp³-hybridized carbons (Fsp3) is 0.227. The number of carbonyl (C=O) groups excluding carboxylic acids is 2. The third-order valence-electron chi connectivity index (χ3n) is 4.32. The van der Waals surface area contributed by atoms with E-state index in [2.05, 4.69) is 10.5 Å². The Morgan fingerprint density at radius 2 is 1.76 bits per heavy atom. The molecular weight excluding hydrogens is 370 g/mol. The lowest BCUT2D eigenvalue weighted by Crippen LogP contribution is -2.40. The van der Waals surface area contributed by atoms with E-state index in [1.54, 1.807) is 32.2 Å². The zero-order valence-corrected chi connectivity index (χ0v) is 16.4. The Hall–Kier alpha value is -3.45. The molecule has 0 atom stereocenters. The van der Waals surface area contributed by atoms with E-state index >= 15 is 0 Å². The van der Waals surface area contributed by atoms with Crippen LogP contribution in [0, 0.1) is 6.92 Å². The molecule has 0 aliphatic heterocycles. The molecule has 0 radical (unpaired) electrons. The average molecular weight is 393 g/mol. The summed E-state index contributed by atoms with van der Waals surface area (Å²) in [6.07, 6.45) is 0. The molecule has 0 bridgehead atoms. The predicted molar refractivity (Wildman–Crippen MR) is 110 cm³/mol. The van der Waals surface area contributed by atoms with E-state index in [-0.39, 0.29) is 18.4 Å². The second-order valence-electron chi connectivity index (χ2n) is 6.53. The number of methoxy groups -OCH3 is 1. The summed E-state index contributed by atoms with van der Waals surface area (Å²) in [5, 5.41) is 6.36. The fourth-order valence-electron chi connectivity index (χ4n) is 2.85. The van der Waals surface area contributed by atoms with Gasteiger partial charge in [0.25, 0.3) is 5.91 Å². The van der Waals surface area contributed by atoms with E-state index in [9.17, 15) is 9.59 Å². The Bertz CT molecular complexity index is 952. The maximum absolute atomic E-state index is 12.9. The highest BCUT2D eigenvalue weighted by Crippen LogP contribution is 2.20. The number of nitrogens with one attached hydrogen (secondary N) is 1. The van der Waals surface area contributed by atoms with Crippen molar-refractivity contribution in [2.24, 2.45) is 0 Å². The van der Waals surface area contributed by atoms with Crippen molar-refractivity contribution in [3.8, 4) is 11.1 Å². The molecule has 0 spiro atoms. The van der Waals surface area contributed by atoms with Crippen molar-refractivity contribution in [2.45, 2.75) is 6.92 Å². The molecule has 0 aliphatic carbocycles. The van der Waals surface area contributed by atoms with Gasteiger partial charge in [-0.1, -0.05) is 47.6 Å². The van der Waals surface area contributed by atoms with Crippen LogP contribution in [0.1, 0.15) is 16.1 Å². The first-order valence-corrected chi connectivity index (χ1v) is 9.23. The summed E-state index contributed by atoms with van der Waals surface area (Å²) in [6.45, 7) is 2.23. The lowest BCUT2D eigenvalue weighted by molar-refractivity contribution is -0.117. The van der Waals surface area contributed by atoms with E-state index in [0.29, 0.717) is 30.3 Å². The van der Waals surface area contributed by atoms with Gasteiger partial charge in [-0.15, -0.1) is 0 Å². The molecule has 1 heterocycles. The van der Waals surface area contributed by atoms with Gasteiger partial charge in [-0.05, 0) is 30.2 Å². The number of nitrogens with zero attached hydrogens (tertiary/aromatic N) is 2. The normalized spacial score (nSPS) is 10.6. The fourth-order valence-corrected chi connectivity index (χ4v) is 2.85. The van der Waals surface area contributed by atoms with Crippen molar-refractivity contribution in [3.63, 3.8) is 0 Å². The number of aryl methyl sites for hydroxylation is 1. The van der Waals surface area contributed by atoms with Gasteiger partial charge in [0.15, 0.2) is 5.82 Å². The maximum Gasteiger partial charge on any atom is 0.254 e. The van der Waals surface area contributed by atoms with Crippen LogP contribution in [0.4, 0.5) is 5.82 Å². The van der Waals surface area contributed by atoms with Gasteiger partial charge in [0.05, 0.1) is 6.61 Å². The van der Waals surface area contributed by atoms with Gasteiger partial charge in [-0.25, -0.2) is 0 Å². The monoisotopic (exact) mass is 393 g/mol. The maximum atomic E-state index is 12.9. The van der Waals surface area contributed by atoms with Gasteiger partial charge in [0.2, 0.25) is 5.91 Å². The molecule has 0 aliphatic rings. The van der Waals surface area contributed by atoms with Crippen LogP contribution < -0.4 is 5.32 Å². The topological polar surface area (TPSA) is 84.7 Å². The van der Waals surface area contributed by atoms with E-state index in [1.165, 1.54) is 4.90 Å². The van der Waals surface area contributed by atoms with Gasteiger partial charge >= 0.3 is 0 Å². The summed E-state index contributed by atoms with van der Waals surface area (Å²) < 4.78 is 10.0. The standard InChI is InChI=1S/C22H23N3O4/c1-16-14-20(24-29-16)23-21(26)15-25(12-13-28-2)22(27)19-10-8-18(9-11-19)17-6-4-3-5-7-17/h3-11,14H,12-13,15H2,1-2H3,(H,23,24,26). The average Bonchev–Trinajstić information content (AvgIpc) is 3.15. The molecule has 7 heteroatoms. The highest BCUT2D eigenvalue weighted by atomic mass is 16.5. The highest BCUT2D eigenvalue weighted by molar-refractivity contribution is 5.99. The Morgan fingerprint density at radius 3 is 2.38 bits per heavy atom. The van der Waals surface area contributed by atoms with Crippen LogP contribution in [-0.4, -0.2) is 48.7 Å².